The van der Waals surface area contributed by atoms with Crippen molar-refractivity contribution in [3.05, 3.63) is 35.9 Å². The number of sulfone groups is 1. The fraction of sp³-hybridized carbons (Fsp3) is 0.588. The summed E-state index contributed by atoms with van der Waals surface area (Å²) in [4.78, 5) is 11.9. The molecule has 0 saturated heterocycles. The molecule has 1 aromatic rings. The van der Waals surface area contributed by atoms with Gasteiger partial charge in [-0.3, -0.25) is 4.79 Å². The van der Waals surface area contributed by atoms with Gasteiger partial charge in [-0.15, -0.1) is 0 Å². The van der Waals surface area contributed by atoms with Crippen LogP contribution in [0, 0.1) is 5.92 Å². The molecule has 0 saturated carbocycles. The van der Waals surface area contributed by atoms with Crippen LogP contribution in [-0.4, -0.2) is 26.6 Å². The van der Waals surface area contributed by atoms with Crippen LogP contribution in [0.2, 0.25) is 0 Å². The number of hydrogen-bond donors (Lipinski definition) is 1. The van der Waals surface area contributed by atoms with Crippen molar-refractivity contribution in [2.24, 2.45) is 5.92 Å². The highest BCUT2D eigenvalue weighted by Crippen LogP contribution is 2.11. The van der Waals surface area contributed by atoms with Crippen LogP contribution in [0.3, 0.4) is 0 Å². The molecule has 1 rings (SSSR count). The lowest BCUT2D eigenvalue weighted by Gasteiger charge is -2.15. The second-order valence-corrected chi connectivity index (χ2v) is 7.80. The molecule has 1 atom stereocenters. The Kier molecular flexibility index (Phi) is 8.17. The molecule has 0 fully saturated rings. The van der Waals surface area contributed by atoms with E-state index in [0.29, 0.717) is 18.0 Å². The summed E-state index contributed by atoms with van der Waals surface area (Å²) in [5.74, 6) is -0.493. The Morgan fingerprint density at radius 3 is 2.45 bits per heavy atom. The first-order valence-corrected chi connectivity index (χ1v) is 9.80. The topological polar surface area (TPSA) is 63.2 Å². The molecule has 1 aromatic carbocycles. The number of rotatable bonds is 10. The maximum atomic E-state index is 12.0. The van der Waals surface area contributed by atoms with E-state index in [1.165, 1.54) is 0 Å². The second-order valence-electron chi connectivity index (χ2n) is 5.74. The minimum atomic E-state index is -3.42. The van der Waals surface area contributed by atoms with Gasteiger partial charge in [-0.2, -0.15) is 0 Å². The fourth-order valence-electron chi connectivity index (χ4n) is 2.33. The van der Waals surface area contributed by atoms with Crippen LogP contribution in [0.5, 0.6) is 0 Å². The first-order valence-electron chi connectivity index (χ1n) is 7.98. The fourth-order valence-corrected chi connectivity index (χ4v) is 3.64. The van der Waals surface area contributed by atoms with Crippen molar-refractivity contribution in [3.63, 3.8) is 0 Å². The third-order valence-electron chi connectivity index (χ3n) is 3.71. The Morgan fingerprint density at radius 1 is 1.18 bits per heavy atom. The molecule has 0 aliphatic rings. The van der Waals surface area contributed by atoms with E-state index in [2.05, 4.69) is 19.2 Å². The molecule has 1 unspecified atom stereocenters. The highest BCUT2D eigenvalue weighted by molar-refractivity contribution is 7.91. The maximum Gasteiger partial charge on any atom is 0.235 e. The Bertz CT molecular complexity index is 540. The van der Waals surface area contributed by atoms with Gasteiger partial charge in [-0.1, -0.05) is 63.4 Å². The van der Waals surface area contributed by atoms with Crippen LogP contribution >= 0.6 is 0 Å². The molecule has 22 heavy (non-hydrogen) atoms. The quantitative estimate of drug-likeness (QED) is 0.719. The zero-order valence-electron chi connectivity index (χ0n) is 13.5. The number of carbonyl (C=O) groups excluding carboxylic acids is 1. The van der Waals surface area contributed by atoms with Gasteiger partial charge >= 0.3 is 0 Å². The van der Waals surface area contributed by atoms with Crippen molar-refractivity contribution in [2.45, 2.75) is 45.3 Å². The number of amides is 1. The Hall–Kier alpha value is -1.36. The predicted octanol–water partition coefficient (Wildman–Crippen LogP) is 2.93. The third kappa shape index (κ3) is 7.59. The number of unbranched alkanes of at least 4 members (excludes halogenated alkanes) is 1. The van der Waals surface area contributed by atoms with E-state index in [9.17, 15) is 13.2 Å². The van der Waals surface area contributed by atoms with Crippen LogP contribution in [0.25, 0.3) is 0 Å². The van der Waals surface area contributed by atoms with Gasteiger partial charge in [0, 0.05) is 6.54 Å². The van der Waals surface area contributed by atoms with Gasteiger partial charge in [0.25, 0.3) is 0 Å². The largest absolute Gasteiger partial charge is 0.355 e. The van der Waals surface area contributed by atoms with Crippen LogP contribution in [-0.2, 0) is 20.4 Å². The minimum absolute atomic E-state index is 0.0890. The summed E-state index contributed by atoms with van der Waals surface area (Å²) in [7, 11) is -3.42. The van der Waals surface area contributed by atoms with Gasteiger partial charge in [0.05, 0.1) is 5.75 Å². The molecule has 0 radical (unpaired) electrons. The summed E-state index contributed by atoms with van der Waals surface area (Å²) < 4.78 is 24.1. The summed E-state index contributed by atoms with van der Waals surface area (Å²) in [6, 6.07) is 8.94. The van der Waals surface area contributed by atoms with Gasteiger partial charge in [-0.05, 0) is 17.9 Å². The molecule has 0 aliphatic heterocycles. The lowest BCUT2D eigenvalue weighted by Crippen LogP contribution is -2.34. The average molecular weight is 325 g/mol. The van der Waals surface area contributed by atoms with Crippen molar-refractivity contribution in [2.75, 3.05) is 12.3 Å². The SMILES string of the molecule is CCCCC(CC)CNC(=O)CS(=O)(=O)Cc1ccccc1. The minimum Gasteiger partial charge on any atom is -0.355 e. The zero-order chi connectivity index (χ0) is 16.4. The van der Waals surface area contributed by atoms with Crippen molar-refractivity contribution < 1.29 is 13.2 Å². The lowest BCUT2D eigenvalue weighted by molar-refractivity contribution is -0.118. The first kappa shape index (κ1) is 18.7. The molecule has 1 amide bonds. The monoisotopic (exact) mass is 325 g/mol. The highest BCUT2D eigenvalue weighted by atomic mass is 32.2. The van der Waals surface area contributed by atoms with E-state index in [0.717, 1.165) is 25.7 Å². The van der Waals surface area contributed by atoms with Crippen LogP contribution in [0.15, 0.2) is 30.3 Å². The van der Waals surface area contributed by atoms with Crippen LogP contribution in [0.4, 0.5) is 0 Å². The van der Waals surface area contributed by atoms with E-state index in [4.69, 9.17) is 0 Å². The number of hydrogen-bond acceptors (Lipinski definition) is 3. The smallest absolute Gasteiger partial charge is 0.235 e. The van der Waals surface area contributed by atoms with Gasteiger partial charge in [0.1, 0.15) is 5.75 Å². The van der Waals surface area contributed by atoms with E-state index in [-0.39, 0.29) is 5.75 Å². The molecule has 0 aliphatic carbocycles. The Labute approximate surface area is 134 Å². The molecule has 5 heteroatoms. The molecular formula is C17H27NO3S. The van der Waals surface area contributed by atoms with E-state index in [1.807, 2.05) is 6.07 Å². The molecule has 0 bridgehead atoms. The van der Waals surface area contributed by atoms with Gasteiger partial charge in [0.15, 0.2) is 9.84 Å². The summed E-state index contributed by atoms with van der Waals surface area (Å²) in [5, 5.41) is 2.77. The standard InChI is InChI=1S/C17H27NO3S/c1-3-5-9-15(4-2)12-18-17(19)14-22(20,21)13-16-10-7-6-8-11-16/h6-8,10-11,15H,3-5,9,12-14H2,1-2H3,(H,18,19). The summed E-state index contributed by atoms with van der Waals surface area (Å²) >= 11 is 0. The molecule has 1 N–H and O–H groups in total. The molecule has 0 heterocycles. The molecular weight excluding hydrogens is 298 g/mol. The van der Waals surface area contributed by atoms with Gasteiger partial charge in [0.2, 0.25) is 5.91 Å². The van der Waals surface area contributed by atoms with Crippen molar-refractivity contribution in [3.8, 4) is 0 Å². The first-order chi connectivity index (χ1) is 10.5. The summed E-state index contributed by atoms with van der Waals surface area (Å²) in [5.41, 5.74) is 0.713. The molecule has 124 valence electrons. The Balaban J connectivity index is 2.43. The molecule has 0 aromatic heterocycles. The highest BCUT2D eigenvalue weighted by Gasteiger charge is 2.18. The zero-order valence-corrected chi connectivity index (χ0v) is 14.4. The maximum absolute atomic E-state index is 12.0. The number of nitrogens with one attached hydrogen (secondary N) is 1. The van der Waals surface area contributed by atoms with E-state index < -0.39 is 21.5 Å². The molecule has 0 spiro atoms. The van der Waals surface area contributed by atoms with Crippen LogP contribution in [0.1, 0.15) is 45.1 Å². The summed E-state index contributed by atoms with van der Waals surface area (Å²) in [6.07, 6.45) is 4.34. The van der Waals surface area contributed by atoms with Crippen molar-refractivity contribution in [1.82, 2.24) is 5.32 Å². The third-order valence-corrected chi connectivity index (χ3v) is 5.19. The lowest BCUT2D eigenvalue weighted by atomic mass is 9.99. The number of benzene rings is 1. The van der Waals surface area contributed by atoms with E-state index >= 15 is 0 Å². The van der Waals surface area contributed by atoms with Gasteiger partial charge in [-0.25, -0.2) is 8.42 Å². The van der Waals surface area contributed by atoms with Crippen LogP contribution < -0.4 is 5.32 Å². The van der Waals surface area contributed by atoms with Gasteiger partial charge < -0.3 is 5.32 Å². The number of carbonyl (C=O) groups is 1. The molecule has 4 nitrogen and oxygen atoms in total. The second kappa shape index (κ2) is 9.62. The normalized spacial score (nSPS) is 12.8. The Morgan fingerprint density at radius 2 is 1.86 bits per heavy atom. The summed E-state index contributed by atoms with van der Waals surface area (Å²) in [6.45, 7) is 4.80. The van der Waals surface area contributed by atoms with Crippen molar-refractivity contribution >= 4 is 15.7 Å². The van der Waals surface area contributed by atoms with E-state index in [1.54, 1.807) is 24.3 Å². The predicted molar refractivity (Wildman–Crippen MR) is 90.2 cm³/mol. The average Bonchev–Trinajstić information content (AvgIpc) is 2.47. The van der Waals surface area contributed by atoms with Crippen molar-refractivity contribution in [1.29, 1.82) is 0 Å².